The summed E-state index contributed by atoms with van der Waals surface area (Å²) >= 11 is 0. The van der Waals surface area contributed by atoms with Crippen molar-refractivity contribution in [1.29, 1.82) is 0 Å². The number of fused-ring (bicyclic) bond motifs is 1. The van der Waals surface area contributed by atoms with Crippen LogP contribution in [0.3, 0.4) is 0 Å². The first-order valence-corrected chi connectivity index (χ1v) is 9.04. The van der Waals surface area contributed by atoms with Gasteiger partial charge in [-0.15, -0.1) is 0 Å². The van der Waals surface area contributed by atoms with Gasteiger partial charge < -0.3 is 15.0 Å². The monoisotopic (exact) mass is 396 g/mol. The van der Waals surface area contributed by atoms with Crippen molar-refractivity contribution in [3.05, 3.63) is 69.5 Å². The molecule has 9 nitrogen and oxygen atoms in total. The maximum Gasteiger partial charge on any atom is 0.335 e. The van der Waals surface area contributed by atoms with Gasteiger partial charge in [0, 0.05) is 36.7 Å². The molecule has 0 radical (unpaired) electrons. The third kappa shape index (κ3) is 4.23. The zero-order chi connectivity index (χ0) is 21.1. The number of carboxylic acid groups (broad SMARTS) is 1. The molecule has 0 atom stereocenters. The van der Waals surface area contributed by atoms with Crippen molar-refractivity contribution in [2.75, 3.05) is 6.54 Å². The smallest absolute Gasteiger partial charge is 0.335 e. The highest BCUT2D eigenvalue weighted by Crippen LogP contribution is 2.21. The number of amides is 1. The average Bonchev–Trinajstić information content (AvgIpc) is 3.05. The molecule has 29 heavy (non-hydrogen) atoms. The van der Waals surface area contributed by atoms with Crippen LogP contribution in [-0.2, 0) is 6.42 Å². The molecule has 2 aromatic carbocycles. The maximum absolute atomic E-state index is 12.4. The number of non-ortho nitro benzene ring substituents is 1. The van der Waals surface area contributed by atoms with Crippen LogP contribution in [0.5, 0.6) is 0 Å². The Bertz CT molecular complexity index is 1070. The molecule has 0 saturated carbocycles. The third-order valence-corrected chi connectivity index (χ3v) is 4.46. The first-order valence-electron chi connectivity index (χ1n) is 9.04. The number of nitro groups is 1. The van der Waals surface area contributed by atoms with Crippen molar-refractivity contribution in [3.8, 4) is 0 Å². The molecule has 3 aromatic rings. The van der Waals surface area contributed by atoms with Gasteiger partial charge in [0.05, 0.1) is 21.5 Å². The topological polar surface area (TPSA) is 127 Å². The lowest BCUT2D eigenvalue weighted by Gasteiger charge is -2.13. The Morgan fingerprint density at radius 2 is 1.90 bits per heavy atom. The molecular weight excluding hydrogens is 376 g/mol. The van der Waals surface area contributed by atoms with Crippen LogP contribution in [0.25, 0.3) is 11.0 Å². The van der Waals surface area contributed by atoms with Crippen LogP contribution in [0.15, 0.2) is 42.5 Å². The minimum absolute atomic E-state index is 0.0750. The number of rotatable bonds is 7. The number of para-hydroxylation sites is 2. The Labute approximate surface area is 166 Å². The van der Waals surface area contributed by atoms with Crippen molar-refractivity contribution < 1.29 is 19.6 Å². The molecule has 3 rings (SSSR count). The Hall–Kier alpha value is -3.75. The highest BCUT2D eigenvalue weighted by atomic mass is 16.6. The number of hydrogen-bond donors (Lipinski definition) is 2. The molecule has 9 heteroatoms. The highest BCUT2D eigenvalue weighted by Gasteiger charge is 2.18. The molecule has 0 spiro atoms. The fourth-order valence-electron chi connectivity index (χ4n) is 3.21. The number of carbonyl (C=O) groups is 2. The molecule has 0 unspecified atom stereocenters. The van der Waals surface area contributed by atoms with E-state index in [2.05, 4.69) is 14.9 Å². The van der Waals surface area contributed by atoms with Gasteiger partial charge >= 0.3 is 5.97 Å². The number of imidazole rings is 1. The standard InChI is InChI=1S/C20H20N4O5/c1-12(2)23-17-6-4-3-5-16(17)22-18(23)7-8-21-19(25)13-9-14(20(26)27)11-15(10-13)24(28)29/h3-6,9-12H,7-8H2,1-2H3,(H,21,25)(H,26,27). The summed E-state index contributed by atoms with van der Waals surface area (Å²) in [6, 6.07) is 11.0. The first-order chi connectivity index (χ1) is 13.8. The largest absolute Gasteiger partial charge is 0.478 e. The molecule has 1 heterocycles. The minimum atomic E-state index is -1.34. The van der Waals surface area contributed by atoms with Crippen molar-refractivity contribution in [2.24, 2.45) is 0 Å². The lowest BCUT2D eigenvalue weighted by atomic mass is 10.1. The number of carboxylic acids is 1. The van der Waals surface area contributed by atoms with Gasteiger partial charge in [-0.05, 0) is 32.0 Å². The van der Waals surface area contributed by atoms with Gasteiger partial charge in [-0.25, -0.2) is 9.78 Å². The second kappa shape index (κ2) is 8.09. The number of aromatic carboxylic acids is 1. The molecular formula is C20H20N4O5. The number of carbonyl (C=O) groups excluding carboxylic acids is 1. The predicted molar refractivity (Wildman–Crippen MR) is 106 cm³/mol. The van der Waals surface area contributed by atoms with Gasteiger partial charge in [0.15, 0.2) is 0 Å². The number of benzene rings is 2. The van der Waals surface area contributed by atoms with Gasteiger partial charge in [-0.2, -0.15) is 0 Å². The van der Waals surface area contributed by atoms with Crippen LogP contribution in [0.4, 0.5) is 5.69 Å². The second-order valence-corrected chi connectivity index (χ2v) is 6.82. The molecule has 150 valence electrons. The summed E-state index contributed by atoms with van der Waals surface area (Å²) < 4.78 is 2.09. The Morgan fingerprint density at radius 1 is 1.21 bits per heavy atom. The first kappa shape index (κ1) is 20.0. The molecule has 1 amide bonds. The molecule has 0 fully saturated rings. The third-order valence-electron chi connectivity index (χ3n) is 4.46. The van der Waals surface area contributed by atoms with Gasteiger partial charge in [-0.3, -0.25) is 14.9 Å². The molecule has 1 aromatic heterocycles. The summed E-state index contributed by atoms with van der Waals surface area (Å²) in [4.78, 5) is 38.5. The zero-order valence-electron chi connectivity index (χ0n) is 16.0. The predicted octanol–water partition coefficient (Wildman–Crippen LogP) is 3.20. The molecule has 0 saturated heterocycles. The van der Waals surface area contributed by atoms with Crippen LogP contribution in [0.1, 0.15) is 46.4 Å². The maximum atomic E-state index is 12.4. The van der Waals surface area contributed by atoms with E-state index in [1.165, 1.54) is 0 Å². The van der Waals surface area contributed by atoms with E-state index in [0.29, 0.717) is 6.42 Å². The van der Waals surface area contributed by atoms with Gasteiger partial charge in [-0.1, -0.05) is 12.1 Å². The minimum Gasteiger partial charge on any atom is -0.478 e. The van der Waals surface area contributed by atoms with Crippen molar-refractivity contribution in [3.63, 3.8) is 0 Å². The number of nitrogens with one attached hydrogen (secondary N) is 1. The summed E-state index contributed by atoms with van der Waals surface area (Å²) in [5, 5.41) is 22.8. The number of aromatic nitrogens is 2. The van der Waals surface area contributed by atoms with E-state index in [0.717, 1.165) is 35.1 Å². The average molecular weight is 396 g/mol. The van der Waals surface area contributed by atoms with Gasteiger partial charge in [0.2, 0.25) is 0 Å². The second-order valence-electron chi connectivity index (χ2n) is 6.82. The van der Waals surface area contributed by atoms with E-state index in [1.54, 1.807) is 0 Å². The Kier molecular flexibility index (Phi) is 5.58. The fraction of sp³-hybridized carbons (Fsp3) is 0.250. The van der Waals surface area contributed by atoms with E-state index < -0.39 is 22.5 Å². The molecule has 0 aliphatic carbocycles. The van der Waals surface area contributed by atoms with E-state index in [4.69, 9.17) is 5.11 Å². The van der Waals surface area contributed by atoms with Crippen LogP contribution in [0.2, 0.25) is 0 Å². The Balaban J connectivity index is 1.77. The molecule has 2 N–H and O–H groups in total. The molecule has 0 bridgehead atoms. The fourth-order valence-corrected chi connectivity index (χ4v) is 3.21. The number of hydrogen-bond acceptors (Lipinski definition) is 5. The summed E-state index contributed by atoms with van der Waals surface area (Å²) in [5.41, 5.74) is 1.04. The SMILES string of the molecule is CC(C)n1c(CCNC(=O)c2cc(C(=O)O)cc([N+](=O)[O-])c2)nc2ccccc21. The normalized spacial score (nSPS) is 11.0. The number of nitro benzene ring substituents is 1. The van der Waals surface area contributed by atoms with E-state index in [9.17, 15) is 19.7 Å². The number of nitrogens with zero attached hydrogens (tertiary/aromatic N) is 3. The van der Waals surface area contributed by atoms with Crippen LogP contribution in [-0.4, -0.2) is 38.0 Å². The van der Waals surface area contributed by atoms with Crippen LogP contribution >= 0.6 is 0 Å². The van der Waals surface area contributed by atoms with Crippen molar-refractivity contribution in [2.45, 2.75) is 26.3 Å². The van der Waals surface area contributed by atoms with Crippen molar-refractivity contribution >= 4 is 28.6 Å². The highest BCUT2D eigenvalue weighted by molar-refractivity contribution is 5.98. The Morgan fingerprint density at radius 3 is 2.55 bits per heavy atom. The van der Waals surface area contributed by atoms with Crippen molar-refractivity contribution in [1.82, 2.24) is 14.9 Å². The van der Waals surface area contributed by atoms with Gasteiger partial charge in [0.25, 0.3) is 11.6 Å². The summed E-state index contributed by atoms with van der Waals surface area (Å²) in [6.07, 6.45) is 0.458. The molecule has 0 aliphatic heterocycles. The lowest BCUT2D eigenvalue weighted by molar-refractivity contribution is -0.384. The summed E-state index contributed by atoms with van der Waals surface area (Å²) in [7, 11) is 0. The summed E-state index contributed by atoms with van der Waals surface area (Å²) in [6.45, 7) is 4.35. The van der Waals surface area contributed by atoms with E-state index >= 15 is 0 Å². The van der Waals surface area contributed by atoms with Crippen LogP contribution in [0, 0.1) is 10.1 Å². The summed E-state index contributed by atoms with van der Waals surface area (Å²) in [5.74, 6) is -1.11. The van der Waals surface area contributed by atoms with Gasteiger partial charge in [0.1, 0.15) is 5.82 Å². The van der Waals surface area contributed by atoms with Crippen LogP contribution < -0.4 is 5.32 Å². The quantitative estimate of drug-likeness (QED) is 0.466. The van der Waals surface area contributed by atoms with E-state index in [-0.39, 0.29) is 23.7 Å². The zero-order valence-corrected chi connectivity index (χ0v) is 16.0. The molecule has 0 aliphatic rings. The lowest BCUT2D eigenvalue weighted by Crippen LogP contribution is -2.27. The van der Waals surface area contributed by atoms with E-state index in [1.807, 2.05) is 38.1 Å².